The molecule has 6 heteroatoms. The van der Waals surface area contributed by atoms with Crippen LogP contribution in [0.25, 0.3) is 0 Å². The molecular weight excluding hydrogens is 322 g/mol. The number of esters is 1. The molecule has 0 bridgehead atoms. The summed E-state index contributed by atoms with van der Waals surface area (Å²) in [5.74, 6) is -0.481. The van der Waals surface area contributed by atoms with Gasteiger partial charge in [-0.05, 0) is 36.8 Å². The van der Waals surface area contributed by atoms with Crippen molar-refractivity contribution in [2.45, 2.75) is 13.3 Å². The van der Waals surface area contributed by atoms with Crippen LogP contribution in [-0.2, 0) is 20.7 Å². The highest BCUT2D eigenvalue weighted by Crippen LogP contribution is 2.15. The second-order valence-corrected chi connectivity index (χ2v) is 5.34. The van der Waals surface area contributed by atoms with Gasteiger partial charge in [0.2, 0.25) is 0 Å². The molecule has 2 aromatic carbocycles. The van der Waals surface area contributed by atoms with Crippen LogP contribution in [0.15, 0.2) is 48.5 Å². The van der Waals surface area contributed by atoms with Crippen LogP contribution in [0.2, 0.25) is 0 Å². The molecule has 0 spiro atoms. The first kappa shape index (κ1) is 18.2. The first-order chi connectivity index (χ1) is 12.0. The second-order valence-electron chi connectivity index (χ2n) is 5.34. The number of anilines is 1. The van der Waals surface area contributed by atoms with Crippen molar-refractivity contribution in [2.75, 3.05) is 19.0 Å². The van der Waals surface area contributed by atoms with Crippen LogP contribution in [0, 0.1) is 0 Å². The Kier molecular flexibility index (Phi) is 6.28. The summed E-state index contributed by atoms with van der Waals surface area (Å²) in [6, 6.07) is 13.6. The van der Waals surface area contributed by atoms with Gasteiger partial charge < -0.3 is 14.8 Å². The molecule has 2 rings (SSSR count). The zero-order valence-electron chi connectivity index (χ0n) is 14.1. The molecule has 0 atom stereocenters. The minimum absolute atomic E-state index is 0.0569. The van der Waals surface area contributed by atoms with E-state index in [2.05, 4.69) is 5.32 Å². The molecule has 0 aromatic heterocycles. The summed E-state index contributed by atoms with van der Waals surface area (Å²) in [7, 11) is 1.56. The Labute approximate surface area is 145 Å². The molecule has 0 heterocycles. The normalized spacial score (nSPS) is 10.0. The summed E-state index contributed by atoms with van der Waals surface area (Å²) in [4.78, 5) is 35.2. The average Bonchev–Trinajstić information content (AvgIpc) is 2.61. The van der Waals surface area contributed by atoms with Gasteiger partial charge in [0.05, 0.1) is 19.2 Å². The fraction of sp³-hybridized carbons (Fsp3) is 0.211. The van der Waals surface area contributed by atoms with Gasteiger partial charge in [-0.2, -0.15) is 0 Å². The number of benzene rings is 2. The Morgan fingerprint density at radius 1 is 1.00 bits per heavy atom. The molecule has 6 nitrogen and oxygen atoms in total. The zero-order chi connectivity index (χ0) is 18.2. The molecule has 1 N–H and O–H groups in total. The molecule has 0 saturated heterocycles. The lowest BCUT2D eigenvalue weighted by Gasteiger charge is -2.09. The summed E-state index contributed by atoms with van der Waals surface area (Å²) in [5.41, 5.74) is 1.56. The van der Waals surface area contributed by atoms with Gasteiger partial charge in [0.15, 0.2) is 12.4 Å². The van der Waals surface area contributed by atoms with E-state index in [0.717, 1.165) is 5.56 Å². The van der Waals surface area contributed by atoms with Gasteiger partial charge in [-0.3, -0.25) is 14.4 Å². The van der Waals surface area contributed by atoms with Crippen molar-refractivity contribution < 1.29 is 23.9 Å². The third-order valence-corrected chi connectivity index (χ3v) is 3.45. The third-order valence-electron chi connectivity index (χ3n) is 3.45. The zero-order valence-corrected chi connectivity index (χ0v) is 14.1. The summed E-state index contributed by atoms with van der Waals surface area (Å²) >= 11 is 0. The van der Waals surface area contributed by atoms with Crippen molar-refractivity contribution in [3.05, 3.63) is 59.7 Å². The van der Waals surface area contributed by atoms with Crippen LogP contribution >= 0.6 is 0 Å². The summed E-state index contributed by atoms with van der Waals surface area (Å²) < 4.78 is 10.0. The average molecular weight is 341 g/mol. The van der Waals surface area contributed by atoms with Gasteiger partial charge in [-0.25, -0.2) is 0 Å². The van der Waals surface area contributed by atoms with E-state index in [9.17, 15) is 14.4 Å². The first-order valence-corrected chi connectivity index (χ1v) is 7.68. The maximum Gasteiger partial charge on any atom is 0.310 e. The molecule has 2 aromatic rings. The number of carbonyl (C=O) groups excluding carboxylic acids is 3. The molecule has 0 aliphatic carbocycles. The van der Waals surface area contributed by atoms with E-state index >= 15 is 0 Å². The molecule has 1 amide bonds. The minimum atomic E-state index is -0.514. The number of hydrogen-bond donors (Lipinski definition) is 1. The van der Waals surface area contributed by atoms with E-state index in [1.54, 1.807) is 55.6 Å². The summed E-state index contributed by atoms with van der Waals surface area (Å²) in [5, 5.41) is 2.57. The van der Waals surface area contributed by atoms with E-state index in [0.29, 0.717) is 17.0 Å². The lowest BCUT2D eigenvalue weighted by atomic mass is 10.1. The Morgan fingerprint density at radius 3 is 2.32 bits per heavy atom. The number of methoxy groups -OCH3 is 1. The van der Waals surface area contributed by atoms with Crippen LogP contribution in [-0.4, -0.2) is 31.4 Å². The SMILES string of the molecule is COc1ccc(CC(=O)OCC(=O)Nc2ccccc2C(C)=O)cc1. The van der Waals surface area contributed by atoms with E-state index in [4.69, 9.17) is 9.47 Å². The maximum absolute atomic E-state index is 11.9. The van der Waals surface area contributed by atoms with Crippen LogP contribution in [0.5, 0.6) is 5.75 Å². The first-order valence-electron chi connectivity index (χ1n) is 7.68. The molecule has 0 saturated carbocycles. The summed E-state index contributed by atoms with van der Waals surface area (Å²) in [6.45, 7) is 1.00. The lowest BCUT2D eigenvalue weighted by molar-refractivity contribution is -0.146. The van der Waals surface area contributed by atoms with Crippen molar-refractivity contribution in [1.82, 2.24) is 0 Å². The highest BCUT2D eigenvalue weighted by molar-refractivity contribution is 6.04. The molecular formula is C19H19NO5. The Bertz CT molecular complexity index is 768. The standard InChI is InChI=1S/C19H19NO5/c1-13(21)16-5-3-4-6-17(16)20-18(22)12-25-19(23)11-14-7-9-15(24-2)10-8-14/h3-10H,11-12H2,1-2H3,(H,20,22). The number of Topliss-reactive ketones (excluding diaryl/α,β-unsaturated/α-hetero) is 1. The van der Waals surface area contributed by atoms with E-state index in [1.165, 1.54) is 6.92 Å². The van der Waals surface area contributed by atoms with Gasteiger partial charge >= 0.3 is 5.97 Å². The predicted molar refractivity (Wildman–Crippen MR) is 92.7 cm³/mol. The number of carbonyl (C=O) groups is 3. The van der Waals surface area contributed by atoms with Crippen LogP contribution in [0.3, 0.4) is 0 Å². The van der Waals surface area contributed by atoms with Crippen LogP contribution in [0.1, 0.15) is 22.8 Å². The number of para-hydroxylation sites is 1. The third kappa shape index (κ3) is 5.46. The van der Waals surface area contributed by atoms with Crippen LogP contribution in [0.4, 0.5) is 5.69 Å². The topological polar surface area (TPSA) is 81.7 Å². The van der Waals surface area contributed by atoms with E-state index in [-0.39, 0.29) is 12.2 Å². The molecule has 0 aliphatic heterocycles. The highest BCUT2D eigenvalue weighted by atomic mass is 16.5. The number of rotatable bonds is 7. The second kappa shape index (κ2) is 8.63. The summed E-state index contributed by atoms with van der Waals surface area (Å²) in [6.07, 6.45) is 0.0569. The van der Waals surface area contributed by atoms with Crippen molar-refractivity contribution >= 4 is 23.3 Å². The van der Waals surface area contributed by atoms with Crippen molar-refractivity contribution in [3.63, 3.8) is 0 Å². The van der Waals surface area contributed by atoms with Gasteiger partial charge in [0.25, 0.3) is 5.91 Å². The van der Waals surface area contributed by atoms with Gasteiger partial charge in [-0.15, -0.1) is 0 Å². The van der Waals surface area contributed by atoms with Crippen molar-refractivity contribution in [3.8, 4) is 5.75 Å². The highest BCUT2D eigenvalue weighted by Gasteiger charge is 2.12. The quantitative estimate of drug-likeness (QED) is 0.618. The molecule has 130 valence electrons. The van der Waals surface area contributed by atoms with E-state index < -0.39 is 18.5 Å². The fourth-order valence-electron chi connectivity index (χ4n) is 2.19. The number of ketones is 1. The number of nitrogens with one attached hydrogen (secondary N) is 1. The Balaban J connectivity index is 1.85. The molecule has 0 aliphatic rings. The predicted octanol–water partition coefficient (Wildman–Crippen LogP) is 2.62. The van der Waals surface area contributed by atoms with Gasteiger partial charge in [0.1, 0.15) is 5.75 Å². The lowest BCUT2D eigenvalue weighted by Crippen LogP contribution is -2.22. The largest absolute Gasteiger partial charge is 0.497 e. The molecule has 0 unspecified atom stereocenters. The smallest absolute Gasteiger partial charge is 0.310 e. The molecule has 0 radical (unpaired) electrons. The van der Waals surface area contributed by atoms with Crippen molar-refractivity contribution in [1.29, 1.82) is 0 Å². The van der Waals surface area contributed by atoms with Gasteiger partial charge in [-0.1, -0.05) is 24.3 Å². The molecule has 25 heavy (non-hydrogen) atoms. The minimum Gasteiger partial charge on any atom is -0.497 e. The maximum atomic E-state index is 11.9. The number of ether oxygens (including phenoxy) is 2. The fourth-order valence-corrected chi connectivity index (χ4v) is 2.19. The number of amides is 1. The molecule has 0 fully saturated rings. The monoisotopic (exact) mass is 341 g/mol. The van der Waals surface area contributed by atoms with E-state index in [1.807, 2.05) is 0 Å². The van der Waals surface area contributed by atoms with Crippen LogP contribution < -0.4 is 10.1 Å². The van der Waals surface area contributed by atoms with Crippen molar-refractivity contribution in [2.24, 2.45) is 0 Å². The number of hydrogen-bond acceptors (Lipinski definition) is 5. The van der Waals surface area contributed by atoms with Gasteiger partial charge in [0, 0.05) is 5.56 Å². The Hall–Kier alpha value is -3.15. The Morgan fingerprint density at radius 2 is 1.68 bits per heavy atom.